The van der Waals surface area contributed by atoms with Gasteiger partial charge in [-0.3, -0.25) is 4.79 Å². The highest BCUT2D eigenvalue weighted by Gasteiger charge is 2.17. The van der Waals surface area contributed by atoms with E-state index < -0.39 is 10.0 Å². The number of halogens is 2. The van der Waals surface area contributed by atoms with Crippen LogP contribution in [0.2, 0.25) is 10.0 Å². The third kappa shape index (κ3) is 4.04. The summed E-state index contributed by atoms with van der Waals surface area (Å²) in [6.45, 7) is 0.110. The molecule has 0 aliphatic rings. The van der Waals surface area contributed by atoms with Gasteiger partial charge in [0.15, 0.2) is 0 Å². The van der Waals surface area contributed by atoms with Gasteiger partial charge in [-0.25, -0.2) is 17.8 Å². The van der Waals surface area contributed by atoms with Crippen molar-refractivity contribution in [3.63, 3.8) is 0 Å². The maximum absolute atomic E-state index is 12.1. The van der Waals surface area contributed by atoms with Crippen LogP contribution < -0.4 is 10.3 Å². The van der Waals surface area contributed by atoms with E-state index in [9.17, 15) is 13.2 Å². The molecule has 0 spiro atoms. The largest absolute Gasteiger partial charge is 0.268 e. The lowest BCUT2D eigenvalue weighted by atomic mass is 10.4. The molecule has 1 aromatic carbocycles. The molecule has 1 heterocycles. The SMILES string of the molecule is O=c1cccnn1CCNS(=O)(=O)c1cc(Cl)ccc1Cl. The molecular formula is C12H11Cl2N3O3S. The second-order valence-corrected chi connectivity index (χ2v) is 6.64. The fraction of sp³-hybridized carbons (Fsp3) is 0.167. The Labute approximate surface area is 131 Å². The van der Waals surface area contributed by atoms with E-state index in [0.29, 0.717) is 0 Å². The van der Waals surface area contributed by atoms with E-state index in [4.69, 9.17) is 23.2 Å². The van der Waals surface area contributed by atoms with Gasteiger partial charge in [0.25, 0.3) is 5.56 Å². The molecule has 0 amide bonds. The fourth-order valence-electron chi connectivity index (χ4n) is 1.60. The van der Waals surface area contributed by atoms with Gasteiger partial charge in [-0.1, -0.05) is 23.2 Å². The molecule has 0 aliphatic heterocycles. The summed E-state index contributed by atoms with van der Waals surface area (Å²) in [4.78, 5) is 11.3. The minimum absolute atomic E-state index is 0.00208. The van der Waals surface area contributed by atoms with Crippen LogP contribution >= 0.6 is 23.2 Å². The van der Waals surface area contributed by atoms with Crippen molar-refractivity contribution in [1.82, 2.24) is 14.5 Å². The first-order valence-electron chi connectivity index (χ1n) is 5.87. The highest BCUT2D eigenvalue weighted by atomic mass is 35.5. The van der Waals surface area contributed by atoms with Crippen molar-refractivity contribution in [3.8, 4) is 0 Å². The van der Waals surface area contributed by atoms with Crippen LogP contribution in [0.3, 0.4) is 0 Å². The van der Waals surface area contributed by atoms with Gasteiger partial charge in [-0.05, 0) is 24.3 Å². The zero-order valence-electron chi connectivity index (χ0n) is 10.7. The Hall–Kier alpha value is -1.41. The molecule has 0 atom stereocenters. The van der Waals surface area contributed by atoms with Gasteiger partial charge >= 0.3 is 0 Å². The van der Waals surface area contributed by atoms with E-state index >= 15 is 0 Å². The third-order valence-corrected chi connectivity index (χ3v) is 4.76. The number of benzene rings is 1. The monoisotopic (exact) mass is 347 g/mol. The second kappa shape index (κ2) is 6.57. The molecule has 0 bridgehead atoms. The quantitative estimate of drug-likeness (QED) is 0.889. The number of sulfonamides is 1. The van der Waals surface area contributed by atoms with E-state index in [1.807, 2.05) is 0 Å². The van der Waals surface area contributed by atoms with Crippen LogP contribution in [0.15, 0.2) is 46.2 Å². The normalized spacial score (nSPS) is 11.5. The lowest BCUT2D eigenvalue weighted by Gasteiger charge is -2.09. The van der Waals surface area contributed by atoms with Crippen molar-refractivity contribution in [2.75, 3.05) is 6.54 Å². The zero-order valence-corrected chi connectivity index (χ0v) is 13.0. The average Bonchev–Trinajstić information content (AvgIpc) is 2.43. The Morgan fingerprint density at radius 3 is 2.71 bits per heavy atom. The second-order valence-electron chi connectivity index (χ2n) is 4.06. The van der Waals surface area contributed by atoms with E-state index in [2.05, 4.69) is 9.82 Å². The number of aromatic nitrogens is 2. The predicted octanol–water partition coefficient (Wildman–Crippen LogP) is 1.53. The Balaban J connectivity index is 2.10. The molecule has 1 N–H and O–H groups in total. The Morgan fingerprint density at radius 1 is 1.24 bits per heavy atom. The van der Waals surface area contributed by atoms with Crippen molar-refractivity contribution in [2.45, 2.75) is 11.4 Å². The zero-order chi connectivity index (χ0) is 15.5. The van der Waals surface area contributed by atoms with Crippen LogP contribution in [-0.2, 0) is 16.6 Å². The Kier molecular flexibility index (Phi) is 5.00. The van der Waals surface area contributed by atoms with Crippen molar-refractivity contribution < 1.29 is 8.42 Å². The molecule has 2 rings (SSSR count). The van der Waals surface area contributed by atoms with E-state index in [0.717, 1.165) is 4.68 Å². The molecule has 21 heavy (non-hydrogen) atoms. The summed E-state index contributed by atoms with van der Waals surface area (Å²) in [7, 11) is -3.81. The molecular weight excluding hydrogens is 337 g/mol. The van der Waals surface area contributed by atoms with Crippen LogP contribution in [0.5, 0.6) is 0 Å². The highest BCUT2D eigenvalue weighted by Crippen LogP contribution is 2.24. The van der Waals surface area contributed by atoms with Crippen LogP contribution in [0.1, 0.15) is 0 Å². The number of nitrogens with one attached hydrogen (secondary N) is 1. The summed E-state index contributed by atoms with van der Waals surface area (Å²) in [6.07, 6.45) is 1.45. The van der Waals surface area contributed by atoms with Gasteiger partial charge in [0, 0.05) is 23.8 Å². The summed E-state index contributed by atoms with van der Waals surface area (Å²) in [5.41, 5.74) is -0.308. The van der Waals surface area contributed by atoms with Gasteiger partial charge in [0.05, 0.1) is 11.6 Å². The summed E-state index contributed by atoms with van der Waals surface area (Å²) in [5, 5.41) is 4.16. The maximum atomic E-state index is 12.1. The summed E-state index contributed by atoms with van der Waals surface area (Å²) in [5.74, 6) is 0. The predicted molar refractivity (Wildman–Crippen MR) is 80.1 cm³/mol. The average molecular weight is 348 g/mol. The lowest BCUT2D eigenvalue weighted by Crippen LogP contribution is -2.31. The molecule has 1 aromatic heterocycles. The lowest BCUT2D eigenvalue weighted by molar-refractivity contribution is 0.547. The minimum atomic E-state index is -3.81. The van der Waals surface area contributed by atoms with Crippen molar-refractivity contribution >= 4 is 33.2 Å². The van der Waals surface area contributed by atoms with Gasteiger partial charge in [0.2, 0.25) is 10.0 Å². The van der Waals surface area contributed by atoms with Gasteiger partial charge in [-0.15, -0.1) is 0 Å². The molecule has 112 valence electrons. The fourth-order valence-corrected chi connectivity index (χ4v) is 3.38. The third-order valence-electron chi connectivity index (χ3n) is 2.58. The minimum Gasteiger partial charge on any atom is -0.268 e. The first kappa shape index (κ1) is 16.0. The standard InChI is InChI=1S/C12H11Cl2N3O3S/c13-9-3-4-10(14)11(8-9)21(19,20)16-6-7-17-12(18)2-1-5-15-17/h1-5,8,16H,6-7H2. The maximum Gasteiger partial charge on any atom is 0.266 e. The molecule has 0 saturated heterocycles. The van der Waals surface area contributed by atoms with Gasteiger partial charge in [-0.2, -0.15) is 5.10 Å². The Morgan fingerprint density at radius 2 is 2.00 bits per heavy atom. The molecule has 0 radical (unpaired) electrons. The van der Waals surface area contributed by atoms with E-state index in [-0.39, 0.29) is 33.6 Å². The summed E-state index contributed by atoms with van der Waals surface area (Å²) >= 11 is 11.6. The van der Waals surface area contributed by atoms with E-state index in [1.54, 1.807) is 0 Å². The van der Waals surface area contributed by atoms with Crippen LogP contribution in [0, 0.1) is 0 Å². The first-order chi connectivity index (χ1) is 9.90. The number of nitrogens with zero attached hydrogens (tertiary/aromatic N) is 2. The van der Waals surface area contributed by atoms with Crippen molar-refractivity contribution in [3.05, 3.63) is 56.9 Å². The van der Waals surface area contributed by atoms with Crippen LogP contribution in [-0.4, -0.2) is 24.7 Å². The van der Waals surface area contributed by atoms with Gasteiger partial charge in [0.1, 0.15) is 4.90 Å². The molecule has 2 aromatic rings. The summed E-state index contributed by atoms with van der Waals surface area (Å²) in [6, 6.07) is 7.02. The number of hydrogen-bond acceptors (Lipinski definition) is 4. The van der Waals surface area contributed by atoms with Crippen LogP contribution in [0.4, 0.5) is 0 Å². The molecule has 0 saturated carbocycles. The first-order valence-corrected chi connectivity index (χ1v) is 8.11. The molecule has 0 fully saturated rings. The topological polar surface area (TPSA) is 81.1 Å². The highest BCUT2D eigenvalue weighted by molar-refractivity contribution is 7.89. The smallest absolute Gasteiger partial charge is 0.266 e. The molecule has 6 nitrogen and oxygen atoms in total. The van der Waals surface area contributed by atoms with Crippen LogP contribution in [0.25, 0.3) is 0 Å². The van der Waals surface area contributed by atoms with Gasteiger partial charge < -0.3 is 0 Å². The molecule has 0 aliphatic carbocycles. The van der Waals surface area contributed by atoms with Crippen molar-refractivity contribution in [2.24, 2.45) is 0 Å². The van der Waals surface area contributed by atoms with Crippen molar-refractivity contribution in [1.29, 1.82) is 0 Å². The molecule has 9 heteroatoms. The number of hydrogen-bond donors (Lipinski definition) is 1. The van der Waals surface area contributed by atoms with E-state index in [1.165, 1.54) is 36.5 Å². The summed E-state index contributed by atoms with van der Waals surface area (Å²) < 4.78 is 27.7. The Bertz CT molecular complexity index is 805. The number of rotatable bonds is 5. The molecule has 0 unspecified atom stereocenters.